The van der Waals surface area contributed by atoms with Crippen LogP contribution in [-0.2, 0) is 6.18 Å². The molecule has 0 aliphatic carbocycles. The highest BCUT2D eigenvalue weighted by Gasteiger charge is 2.30. The summed E-state index contributed by atoms with van der Waals surface area (Å²) in [6.07, 6.45) is -4.24. The van der Waals surface area contributed by atoms with Crippen LogP contribution in [0.15, 0.2) is 24.3 Å². The fourth-order valence-electron chi connectivity index (χ4n) is 0.851. The van der Waals surface area contributed by atoms with Gasteiger partial charge in [-0.15, -0.1) is 0 Å². The first kappa shape index (κ1) is 11.5. The van der Waals surface area contributed by atoms with Gasteiger partial charge in [0.15, 0.2) is 0 Å². The first-order valence-electron chi connectivity index (χ1n) is 3.36. The Kier molecular flexibility index (Phi) is 3.84. The molecule has 1 aromatic rings. The Labute approximate surface area is 101 Å². The molecule has 0 heterocycles. The lowest BCUT2D eigenvalue weighted by atomic mass is 10.1. The molecular weight excluding hydrogens is 407 g/mol. The second-order valence-corrected chi connectivity index (χ2v) is 7.30. The van der Waals surface area contributed by atoms with E-state index in [4.69, 9.17) is 0 Å². The number of benzene rings is 1. The SMILES string of the molecule is FC(F)(F)c1cccc(C(I)I)c1. The van der Waals surface area contributed by atoms with Gasteiger partial charge < -0.3 is 0 Å². The van der Waals surface area contributed by atoms with E-state index in [0.29, 0.717) is 5.56 Å². The molecule has 0 fully saturated rings. The Morgan fingerprint density at radius 1 is 1.15 bits per heavy atom. The lowest BCUT2D eigenvalue weighted by Gasteiger charge is -2.08. The van der Waals surface area contributed by atoms with Crippen molar-refractivity contribution < 1.29 is 13.2 Å². The Balaban J connectivity index is 3.06. The number of hydrogen-bond acceptors (Lipinski definition) is 0. The van der Waals surface area contributed by atoms with Crippen molar-refractivity contribution in [3.05, 3.63) is 35.4 Å². The van der Waals surface area contributed by atoms with E-state index in [1.54, 1.807) is 6.07 Å². The quantitative estimate of drug-likeness (QED) is 0.469. The van der Waals surface area contributed by atoms with Gasteiger partial charge in [-0.3, -0.25) is 0 Å². The molecule has 0 aromatic heterocycles. The molecule has 0 amide bonds. The first-order valence-corrected chi connectivity index (χ1v) is 5.85. The minimum atomic E-state index is -4.24. The zero-order valence-electron chi connectivity index (χ0n) is 6.28. The van der Waals surface area contributed by atoms with Crippen molar-refractivity contribution in [1.29, 1.82) is 0 Å². The molecule has 0 aliphatic heterocycles. The molecule has 1 rings (SSSR count). The smallest absolute Gasteiger partial charge is 0.166 e. The maximum Gasteiger partial charge on any atom is 0.416 e. The molecular formula is C8H5F3I2. The van der Waals surface area contributed by atoms with Crippen LogP contribution in [-0.4, -0.2) is 0 Å². The largest absolute Gasteiger partial charge is 0.416 e. The van der Waals surface area contributed by atoms with Crippen molar-refractivity contribution in [3.8, 4) is 0 Å². The molecule has 0 saturated carbocycles. The van der Waals surface area contributed by atoms with E-state index in [1.807, 2.05) is 0 Å². The van der Waals surface area contributed by atoms with Crippen LogP contribution in [0.1, 0.15) is 13.1 Å². The number of alkyl halides is 5. The summed E-state index contributed by atoms with van der Waals surface area (Å²) >= 11 is 4.14. The van der Waals surface area contributed by atoms with E-state index in [-0.39, 0.29) is 1.93 Å². The lowest BCUT2D eigenvalue weighted by molar-refractivity contribution is -0.137. The van der Waals surface area contributed by atoms with Crippen molar-refractivity contribution in [2.24, 2.45) is 0 Å². The molecule has 5 heteroatoms. The second kappa shape index (κ2) is 4.33. The maximum absolute atomic E-state index is 12.2. The van der Waals surface area contributed by atoms with Gasteiger partial charge in [-0.1, -0.05) is 57.3 Å². The van der Waals surface area contributed by atoms with Crippen molar-refractivity contribution in [2.75, 3.05) is 0 Å². The summed E-state index contributed by atoms with van der Waals surface area (Å²) in [5.41, 5.74) is 0.111. The summed E-state index contributed by atoms with van der Waals surface area (Å²) < 4.78 is 36.7. The molecule has 0 atom stereocenters. The first-order chi connectivity index (χ1) is 5.91. The summed E-state index contributed by atoms with van der Waals surface area (Å²) in [4.78, 5) is 0. The molecule has 0 unspecified atom stereocenters. The fraction of sp³-hybridized carbons (Fsp3) is 0.250. The van der Waals surface area contributed by atoms with Gasteiger partial charge in [0.25, 0.3) is 0 Å². The Morgan fingerprint density at radius 2 is 1.77 bits per heavy atom. The minimum Gasteiger partial charge on any atom is -0.166 e. The molecule has 0 aliphatic rings. The Morgan fingerprint density at radius 3 is 2.23 bits per heavy atom. The lowest BCUT2D eigenvalue weighted by Crippen LogP contribution is -2.04. The van der Waals surface area contributed by atoms with Gasteiger partial charge in [0.1, 0.15) is 0 Å². The molecule has 0 saturated heterocycles. The van der Waals surface area contributed by atoms with E-state index in [0.717, 1.165) is 6.07 Å². The van der Waals surface area contributed by atoms with E-state index in [2.05, 4.69) is 45.2 Å². The van der Waals surface area contributed by atoms with Crippen LogP contribution in [0.25, 0.3) is 0 Å². The predicted octanol–water partition coefficient (Wildman–Crippen LogP) is 4.57. The van der Waals surface area contributed by atoms with Gasteiger partial charge in [-0.25, -0.2) is 0 Å². The van der Waals surface area contributed by atoms with Crippen LogP contribution >= 0.6 is 45.2 Å². The molecule has 0 N–H and O–H groups in total. The zero-order chi connectivity index (χ0) is 10.1. The fourth-order valence-corrected chi connectivity index (χ4v) is 1.63. The maximum atomic E-state index is 12.2. The Bertz CT molecular complexity index is 294. The summed E-state index contributed by atoms with van der Waals surface area (Å²) in [6, 6.07) is 5.39. The average molecular weight is 412 g/mol. The normalized spacial score (nSPS) is 12.2. The van der Waals surface area contributed by atoms with Gasteiger partial charge in [0.05, 0.1) is 7.49 Å². The molecule has 0 bridgehead atoms. The molecule has 0 spiro atoms. The van der Waals surface area contributed by atoms with Crippen LogP contribution < -0.4 is 0 Å². The Hall–Kier alpha value is 0.470. The van der Waals surface area contributed by atoms with Crippen LogP contribution in [0.3, 0.4) is 0 Å². The summed E-state index contributed by atoms with van der Waals surface area (Å²) in [6.45, 7) is 0. The highest BCUT2D eigenvalue weighted by molar-refractivity contribution is 14.2. The minimum absolute atomic E-state index is 0.0671. The molecule has 0 radical (unpaired) electrons. The van der Waals surface area contributed by atoms with E-state index in [1.165, 1.54) is 12.1 Å². The molecule has 13 heavy (non-hydrogen) atoms. The van der Waals surface area contributed by atoms with E-state index >= 15 is 0 Å². The highest BCUT2D eigenvalue weighted by Crippen LogP contribution is 2.35. The van der Waals surface area contributed by atoms with Gasteiger partial charge in [-0.2, -0.15) is 13.2 Å². The average Bonchev–Trinajstić information content (AvgIpc) is 2.03. The van der Waals surface area contributed by atoms with Gasteiger partial charge in [0, 0.05) is 0 Å². The molecule has 1 aromatic carbocycles. The highest BCUT2D eigenvalue weighted by atomic mass is 127. The van der Waals surface area contributed by atoms with Crippen molar-refractivity contribution in [2.45, 2.75) is 8.11 Å². The zero-order valence-corrected chi connectivity index (χ0v) is 10.6. The molecule has 72 valence electrons. The van der Waals surface area contributed by atoms with Gasteiger partial charge in [0.2, 0.25) is 0 Å². The van der Waals surface area contributed by atoms with Gasteiger partial charge in [-0.05, 0) is 17.7 Å². The third-order valence-corrected chi connectivity index (χ3v) is 2.90. The third kappa shape index (κ3) is 3.26. The van der Waals surface area contributed by atoms with Crippen LogP contribution in [0.2, 0.25) is 0 Å². The number of hydrogen-bond donors (Lipinski definition) is 0. The van der Waals surface area contributed by atoms with E-state index < -0.39 is 11.7 Å². The van der Waals surface area contributed by atoms with Crippen molar-refractivity contribution in [1.82, 2.24) is 0 Å². The number of halogens is 5. The monoisotopic (exact) mass is 412 g/mol. The summed E-state index contributed by atoms with van der Waals surface area (Å²) in [7, 11) is 0. The molecule has 0 nitrogen and oxygen atoms in total. The number of rotatable bonds is 1. The van der Waals surface area contributed by atoms with Crippen LogP contribution in [0.5, 0.6) is 0 Å². The van der Waals surface area contributed by atoms with Crippen LogP contribution in [0.4, 0.5) is 13.2 Å². The topological polar surface area (TPSA) is 0 Å². The predicted molar refractivity (Wildman–Crippen MR) is 62.2 cm³/mol. The summed E-state index contributed by atoms with van der Waals surface area (Å²) in [5.74, 6) is 0. The van der Waals surface area contributed by atoms with Crippen molar-refractivity contribution in [3.63, 3.8) is 0 Å². The van der Waals surface area contributed by atoms with Crippen molar-refractivity contribution >= 4 is 45.2 Å². The van der Waals surface area contributed by atoms with Crippen LogP contribution in [0, 0.1) is 0 Å². The second-order valence-electron chi connectivity index (χ2n) is 2.42. The third-order valence-electron chi connectivity index (χ3n) is 1.47. The standard InChI is InChI=1S/C8H5F3I2/c9-8(10,11)6-3-1-2-5(4-6)7(12)13/h1-4,7H. The van der Waals surface area contributed by atoms with Gasteiger partial charge >= 0.3 is 6.18 Å². The summed E-state index contributed by atoms with van der Waals surface area (Å²) in [5, 5.41) is 0. The van der Waals surface area contributed by atoms with E-state index in [9.17, 15) is 13.2 Å².